The van der Waals surface area contributed by atoms with Crippen molar-refractivity contribution < 1.29 is 19.1 Å². The van der Waals surface area contributed by atoms with Crippen LogP contribution in [0.4, 0.5) is 11.4 Å². The minimum absolute atomic E-state index is 0.0242. The van der Waals surface area contributed by atoms with Crippen LogP contribution in [0.3, 0.4) is 0 Å². The van der Waals surface area contributed by atoms with Crippen LogP contribution >= 0.6 is 0 Å². The summed E-state index contributed by atoms with van der Waals surface area (Å²) < 4.78 is 11.2. The average Bonchev–Trinajstić information content (AvgIpc) is 2.65. The van der Waals surface area contributed by atoms with E-state index in [1.807, 2.05) is 31.2 Å². The SMILES string of the molecule is Cc1ccc2c(n1)OCCN2C(=O)COc1ccc2c(c1)CCC(=O)N2. The zero-order valence-electron chi connectivity index (χ0n) is 14.4. The van der Waals surface area contributed by atoms with Crippen LogP contribution in [0, 0.1) is 6.92 Å². The Balaban J connectivity index is 1.44. The predicted octanol–water partition coefficient (Wildman–Crippen LogP) is 2.08. The Kier molecular flexibility index (Phi) is 4.20. The highest BCUT2D eigenvalue weighted by Gasteiger charge is 2.25. The van der Waals surface area contributed by atoms with Crippen molar-refractivity contribution >= 4 is 23.2 Å². The van der Waals surface area contributed by atoms with E-state index in [2.05, 4.69) is 10.3 Å². The number of fused-ring (bicyclic) bond motifs is 2. The Morgan fingerprint density at radius 2 is 2.19 bits per heavy atom. The number of benzene rings is 1. The first-order valence-electron chi connectivity index (χ1n) is 8.56. The number of hydrogen-bond acceptors (Lipinski definition) is 5. The van der Waals surface area contributed by atoms with Crippen molar-refractivity contribution in [2.75, 3.05) is 30.0 Å². The third-order valence-corrected chi connectivity index (χ3v) is 4.46. The Labute approximate surface area is 150 Å². The summed E-state index contributed by atoms with van der Waals surface area (Å²) in [7, 11) is 0. The van der Waals surface area contributed by atoms with Crippen LogP contribution in [0.5, 0.6) is 11.6 Å². The largest absolute Gasteiger partial charge is 0.484 e. The molecule has 1 aromatic carbocycles. The molecule has 1 aromatic heterocycles. The number of nitrogens with zero attached hydrogens (tertiary/aromatic N) is 2. The minimum atomic E-state index is -0.147. The van der Waals surface area contributed by atoms with Gasteiger partial charge in [-0.05, 0) is 49.2 Å². The highest BCUT2D eigenvalue weighted by atomic mass is 16.5. The van der Waals surface area contributed by atoms with E-state index in [-0.39, 0.29) is 18.4 Å². The maximum absolute atomic E-state index is 12.6. The smallest absolute Gasteiger partial charge is 0.265 e. The molecule has 0 aliphatic carbocycles. The Hall–Kier alpha value is -3.09. The Bertz CT molecular complexity index is 881. The van der Waals surface area contributed by atoms with Gasteiger partial charge in [0.2, 0.25) is 11.8 Å². The average molecular weight is 353 g/mol. The molecule has 1 N–H and O–H groups in total. The number of hydrogen-bond donors (Lipinski definition) is 1. The summed E-state index contributed by atoms with van der Waals surface area (Å²) >= 11 is 0. The van der Waals surface area contributed by atoms with Crippen molar-refractivity contribution in [1.29, 1.82) is 0 Å². The lowest BCUT2D eigenvalue weighted by molar-refractivity contribution is -0.120. The minimum Gasteiger partial charge on any atom is -0.484 e. The number of carbonyl (C=O) groups excluding carboxylic acids is 2. The first kappa shape index (κ1) is 16.4. The third kappa shape index (κ3) is 3.20. The zero-order valence-corrected chi connectivity index (χ0v) is 14.4. The summed E-state index contributed by atoms with van der Waals surface area (Å²) in [6, 6.07) is 9.14. The molecule has 26 heavy (non-hydrogen) atoms. The molecular weight excluding hydrogens is 334 g/mol. The summed E-state index contributed by atoms with van der Waals surface area (Å²) in [6.07, 6.45) is 1.14. The van der Waals surface area contributed by atoms with Crippen LogP contribution in [-0.2, 0) is 16.0 Å². The summed E-state index contributed by atoms with van der Waals surface area (Å²) in [5.41, 5.74) is 3.34. The number of rotatable bonds is 3. The van der Waals surface area contributed by atoms with Gasteiger partial charge in [-0.3, -0.25) is 9.59 Å². The van der Waals surface area contributed by atoms with E-state index in [4.69, 9.17) is 9.47 Å². The van der Waals surface area contributed by atoms with E-state index < -0.39 is 0 Å². The number of aromatic nitrogens is 1. The van der Waals surface area contributed by atoms with E-state index in [0.717, 1.165) is 16.9 Å². The molecule has 0 radical (unpaired) electrons. The van der Waals surface area contributed by atoms with E-state index in [1.54, 1.807) is 11.0 Å². The lowest BCUT2D eigenvalue weighted by Gasteiger charge is -2.28. The fraction of sp³-hybridized carbons (Fsp3) is 0.316. The van der Waals surface area contributed by atoms with Gasteiger partial charge >= 0.3 is 0 Å². The molecule has 0 saturated heterocycles. The molecule has 4 rings (SSSR count). The first-order chi connectivity index (χ1) is 12.6. The number of aryl methyl sites for hydroxylation is 2. The quantitative estimate of drug-likeness (QED) is 0.914. The van der Waals surface area contributed by atoms with Crippen molar-refractivity contribution in [2.24, 2.45) is 0 Å². The maximum atomic E-state index is 12.6. The fourth-order valence-corrected chi connectivity index (χ4v) is 3.12. The molecule has 7 nitrogen and oxygen atoms in total. The van der Waals surface area contributed by atoms with Gasteiger partial charge in [0.15, 0.2) is 6.61 Å². The normalized spacial score (nSPS) is 15.4. The third-order valence-electron chi connectivity index (χ3n) is 4.46. The highest BCUT2D eigenvalue weighted by Crippen LogP contribution is 2.30. The van der Waals surface area contributed by atoms with Gasteiger partial charge in [-0.2, -0.15) is 0 Å². The summed E-state index contributed by atoms with van der Waals surface area (Å²) in [5, 5.41) is 2.83. The molecule has 2 aliphatic rings. The van der Waals surface area contributed by atoms with E-state index in [9.17, 15) is 9.59 Å². The lowest BCUT2D eigenvalue weighted by Crippen LogP contribution is -2.41. The molecular formula is C19H19N3O4. The monoisotopic (exact) mass is 353 g/mol. The zero-order chi connectivity index (χ0) is 18.1. The Morgan fingerprint density at radius 1 is 1.31 bits per heavy atom. The molecule has 2 aromatic rings. The number of anilines is 2. The number of carbonyl (C=O) groups is 2. The van der Waals surface area contributed by atoms with Crippen LogP contribution in [0.2, 0.25) is 0 Å². The second-order valence-electron chi connectivity index (χ2n) is 6.33. The molecule has 7 heteroatoms. The molecule has 2 amide bonds. The molecule has 0 saturated carbocycles. The summed E-state index contributed by atoms with van der Waals surface area (Å²) in [4.78, 5) is 30.0. The predicted molar refractivity (Wildman–Crippen MR) is 95.7 cm³/mol. The molecule has 0 atom stereocenters. The lowest BCUT2D eigenvalue weighted by atomic mass is 10.0. The highest BCUT2D eigenvalue weighted by molar-refractivity contribution is 5.96. The van der Waals surface area contributed by atoms with Gasteiger partial charge in [-0.1, -0.05) is 0 Å². The number of ether oxygens (including phenoxy) is 2. The van der Waals surface area contributed by atoms with Gasteiger partial charge in [0, 0.05) is 17.8 Å². The molecule has 0 bridgehead atoms. The number of amides is 2. The van der Waals surface area contributed by atoms with Crippen LogP contribution in [0.1, 0.15) is 17.7 Å². The summed E-state index contributed by atoms with van der Waals surface area (Å²) in [6.45, 7) is 2.69. The fourth-order valence-electron chi connectivity index (χ4n) is 3.12. The topological polar surface area (TPSA) is 80.8 Å². The van der Waals surface area contributed by atoms with Crippen molar-refractivity contribution in [3.05, 3.63) is 41.6 Å². The van der Waals surface area contributed by atoms with Crippen LogP contribution in [0.25, 0.3) is 0 Å². The Morgan fingerprint density at radius 3 is 3.08 bits per heavy atom. The molecule has 134 valence electrons. The standard InChI is InChI=1S/C19H19N3O4/c1-12-2-6-16-19(20-12)25-9-8-22(16)18(24)11-26-14-4-5-15-13(10-14)3-7-17(23)21-15/h2,4-6,10H,3,7-9,11H2,1H3,(H,21,23). The maximum Gasteiger partial charge on any atom is 0.265 e. The van der Waals surface area contributed by atoms with Crippen molar-refractivity contribution in [3.8, 4) is 11.6 Å². The van der Waals surface area contributed by atoms with Gasteiger partial charge in [-0.25, -0.2) is 4.98 Å². The first-order valence-corrected chi connectivity index (χ1v) is 8.56. The molecule has 0 spiro atoms. The van der Waals surface area contributed by atoms with Crippen molar-refractivity contribution in [3.63, 3.8) is 0 Å². The van der Waals surface area contributed by atoms with Gasteiger partial charge in [0.05, 0.1) is 6.54 Å². The van der Waals surface area contributed by atoms with Crippen LogP contribution in [-0.4, -0.2) is 36.6 Å². The molecule has 0 fully saturated rings. The second kappa shape index (κ2) is 6.67. The van der Waals surface area contributed by atoms with Gasteiger partial charge in [0.25, 0.3) is 5.91 Å². The van der Waals surface area contributed by atoms with Crippen molar-refractivity contribution in [2.45, 2.75) is 19.8 Å². The van der Waals surface area contributed by atoms with Gasteiger partial charge in [-0.15, -0.1) is 0 Å². The van der Waals surface area contributed by atoms with E-state index in [0.29, 0.717) is 43.3 Å². The van der Waals surface area contributed by atoms with E-state index >= 15 is 0 Å². The van der Waals surface area contributed by atoms with Gasteiger partial charge in [0.1, 0.15) is 18.0 Å². The molecule has 0 unspecified atom stereocenters. The van der Waals surface area contributed by atoms with Crippen LogP contribution < -0.4 is 19.7 Å². The van der Waals surface area contributed by atoms with Crippen molar-refractivity contribution in [1.82, 2.24) is 4.98 Å². The number of nitrogens with one attached hydrogen (secondary N) is 1. The summed E-state index contributed by atoms with van der Waals surface area (Å²) in [5.74, 6) is 0.972. The molecule has 2 aliphatic heterocycles. The molecule has 3 heterocycles. The van der Waals surface area contributed by atoms with Crippen LogP contribution in [0.15, 0.2) is 30.3 Å². The second-order valence-corrected chi connectivity index (χ2v) is 6.33. The number of pyridine rings is 1. The van der Waals surface area contributed by atoms with Gasteiger partial charge < -0.3 is 19.7 Å². The van der Waals surface area contributed by atoms with E-state index in [1.165, 1.54) is 0 Å².